The lowest BCUT2D eigenvalue weighted by Gasteiger charge is -1.98. The Bertz CT molecular complexity index is 545. The second kappa shape index (κ2) is 4.13. The average Bonchev–Trinajstić information content (AvgIpc) is 2.57. The van der Waals surface area contributed by atoms with E-state index in [4.69, 9.17) is 11.1 Å². The second-order valence-corrected chi connectivity index (χ2v) is 4.68. The highest BCUT2D eigenvalue weighted by Crippen LogP contribution is 2.12. The number of hydrogen-bond donors (Lipinski definition) is 2. The first-order chi connectivity index (χ1) is 7.56. The zero-order valence-corrected chi connectivity index (χ0v) is 10.1. The third-order valence-electron chi connectivity index (χ3n) is 2.20. The molecule has 0 saturated carbocycles. The van der Waals surface area contributed by atoms with Crippen LogP contribution in [0.3, 0.4) is 0 Å². The molecule has 0 amide bonds. The van der Waals surface area contributed by atoms with Gasteiger partial charge in [0.25, 0.3) is 5.17 Å². The van der Waals surface area contributed by atoms with Crippen LogP contribution < -0.4 is 11.1 Å². The first kappa shape index (κ1) is 10.9. The molecule has 5 nitrogen and oxygen atoms in total. The number of rotatable bonds is 2. The summed E-state index contributed by atoms with van der Waals surface area (Å²) in [5.74, 6) is 1.40. The van der Waals surface area contributed by atoms with Gasteiger partial charge in [-0.25, -0.2) is 9.97 Å². The maximum Gasteiger partial charge on any atom is 0.300 e. The van der Waals surface area contributed by atoms with Crippen molar-refractivity contribution in [1.82, 2.24) is 14.4 Å². The van der Waals surface area contributed by atoms with E-state index in [-0.39, 0.29) is 0 Å². The summed E-state index contributed by atoms with van der Waals surface area (Å²) in [4.78, 5) is 8.77. The van der Waals surface area contributed by atoms with Gasteiger partial charge in [-0.1, -0.05) is 0 Å². The molecule has 0 radical (unpaired) electrons. The van der Waals surface area contributed by atoms with Gasteiger partial charge < -0.3 is 0 Å². The summed E-state index contributed by atoms with van der Waals surface area (Å²) in [5, 5.41) is 5.75. The van der Waals surface area contributed by atoms with E-state index in [0.29, 0.717) is 10.9 Å². The van der Waals surface area contributed by atoms with Crippen molar-refractivity contribution in [2.75, 3.05) is 0 Å². The number of aromatic nitrogens is 3. The zero-order chi connectivity index (χ0) is 11.7. The summed E-state index contributed by atoms with van der Waals surface area (Å²) in [6.45, 7) is 3.99. The molecule has 0 aliphatic heterocycles. The third kappa shape index (κ3) is 2.16. The Morgan fingerprint density at radius 3 is 2.94 bits per heavy atom. The van der Waals surface area contributed by atoms with Crippen LogP contribution in [0.15, 0.2) is 12.3 Å². The molecule has 84 valence electrons. The molecule has 4 N–H and O–H groups in total. The molecule has 2 aromatic heterocycles. The molecule has 2 rings (SSSR count). The number of imidazole rings is 1. The summed E-state index contributed by atoms with van der Waals surface area (Å²) < 4.78 is 1.97. The maximum absolute atomic E-state index is 5.40. The van der Waals surface area contributed by atoms with Crippen molar-refractivity contribution in [2.24, 2.45) is 5.73 Å². The number of thioether (sulfide) groups is 1. The Morgan fingerprint density at radius 2 is 2.25 bits per heavy atom. The highest BCUT2D eigenvalue weighted by atomic mass is 32.2. The maximum atomic E-state index is 5.40. The highest BCUT2D eigenvalue weighted by Gasteiger charge is 2.07. The number of fused-ring (bicyclic) bond motifs is 1. The fourth-order valence-electron chi connectivity index (χ4n) is 1.55. The van der Waals surface area contributed by atoms with E-state index in [1.807, 2.05) is 30.5 Å². The molecule has 2 aromatic rings. The Labute approximate surface area is 97.6 Å². The SMILES string of the molecule is Cc1cc(C)n2cc(CSC(N)=[NH2+])nc2n1. The van der Waals surface area contributed by atoms with Crippen molar-refractivity contribution in [3.05, 3.63) is 29.3 Å². The van der Waals surface area contributed by atoms with Crippen LogP contribution in [0.1, 0.15) is 17.1 Å². The third-order valence-corrected chi connectivity index (χ3v) is 2.97. The lowest BCUT2D eigenvalue weighted by Crippen LogP contribution is -2.43. The van der Waals surface area contributed by atoms with Crippen LogP contribution in [-0.4, -0.2) is 19.5 Å². The van der Waals surface area contributed by atoms with Crippen molar-refractivity contribution >= 4 is 22.7 Å². The molecule has 0 bridgehead atoms. The minimum Gasteiger partial charge on any atom is -0.288 e. The number of nitrogens with zero attached hydrogens (tertiary/aromatic N) is 3. The first-order valence-electron chi connectivity index (χ1n) is 4.89. The van der Waals surface area contributed by atoms with Gasteiger partial charge in [0, 0.05) is 23.3 Å². The molecule has 2 heterocycles. The summed E-state index contributed by atoms with van der Waals surface area (Å²) in [6.07, 6.45) is 1.97. The van der Waals surface area contributed by atoms with Crippen molar-refractivity contribution in [2.45, 2.75) is 19.6 Å². The van der Waals surface area contributed by atoms with Gasteiger partial charge in [0.05, 0.1) is 5.69 Å². The van der Waals surface area contributed by atoms with Crippen LogP contribution in [0.4, 0.5) is 0 Å². The number of amidine groups is 1. The second-order valence-electron chi connectivity index (χ2n) is 3.63. The van der Waals surface area contributed by atoms with Gasteiger partial charge in [-0.05, 0) is 31.7 Å². The van der Waals surface area contributed by atoms with Crippen molar-refractivity contribution in [1.29, 1.82) is 0 Å². The van der Waals surface area contributed by atoms with Gasteiger partial charge in [-0.3, -0.25) is 15.5 Å². The Morgan fingerprint density at radius 1 is 1.50 bits per heavy atom. The first-order valence-corrected chi connectivity index (χ1v) is 5.88. The minimum atomic E-state index is 0.359. The molecule has 0 aromatic carbocycles. The molecule has 0 fully saturated rings. The summed E-state index contributed by atoms with van der Waals surface area (Å²) in [5.41, 5.74) is 8.42. The van der Waals surface area contributed by atoms with Gasteiger partial charge in [0.2, 0.25) is 5.78 Å². The van der Waals surface area contributed by atoms with Crippen molar-refractivity contribution < 1.29 is 5.41 Å². The molecular weight excluding hydrogens is 222 g/mol. The van der Waals surface area contributed by atoms with Crippen LogP contribution in [0.2, 0.25) is 0 Å². The van der Waals surface area contributed by atoms with Gasteiger partial charge in [0.15, 0.2) is 0 Å². The normalized spacial score (nSPS) is 10.9. The quantitative estimate of drug-likeness (QED) is 0.552. The Kier molecular flexibility index (Phi) is 2.82. The van der Waals surface area contributed by atoms with Gasteiger partial charge >= 0.3 is 0 Å². The summed E-state index contributed by atoms with van der Waals surface area (Å²) in [7, 11) is 0. The highest BCUT2D eigenvalue weighted by molar-refractivity contribution is 8.12. The molecule has 0 unspecified atom stereocenters. The molecule has 0 aliphatic rings. The smallest absolute Gasteiger partial charge is 0.288 e. The molecule has 0 aliphatic carbocycles. The standard InChI is InChI=1S/C10H13N5S/c1-6-3-7(2)15-4-8(5-16-9(11)12)14-10(15)13-6/h3-4H,5H2,1-2H3,(H3,11,12)/p+1. The summed E-state index contributed by atoms with van der Waals surface area (Å²) in [6, 6.07) is 2.02. The van der Waals surface area contributed by atoms with E-state index in [1.54, 1.807) is 0 Å². The van der Waals surface area contributed by atoms with E-state index in [9.17, 15) is 0 Å². The van der Waals surface area contributed by atoms with E-state index in [1.165, 1.54) is 11.8 Å². The van der Waals surface area contributed by atoms with Crippen LogP contribution >= 0.6 is 11.8 Å². The van der Waals surface area contributed by atoms with E-state index >= 15 is 0 Å². The zero-order valence-electron chi connectivity index (χ0n) is 9.27. The van der Waals surface area contributed by atoms with Gasteiger partial charge in [-0.15, -0.1) is 0 Å². The lowest BCUT2D eigenvalue weighted by atomic mass is 10.3. The number of nitrogens with two attached hydrogens (primary N) is 2. The Hall–Kier alpha value is -1.56. The fraction of sp³-hybridized carbons (Fsp3) is 0.300. The predicted octanol–water partition coefficient (Wildman–Crippen LogP) is -0.347. The van der Waals surface area contributed by atoms with Crippen molar-refractivity contribution in [3.63, 3.8) is 0 Å². The van der Waals surface area contributed by atoms with Crippen LogP contribution in [-0.2, 0) is 5.75 Å². The fourth-order valence-corrected chi connectivity index (χ4v) is 2.00. The van der Waals surface area contributed by atoms with Crippen LogP contribution in [0.5, 0.6) is 0 Å². The van der Waals surface area contributed by atoms with E-state index in [0.717, 1.165) is 22.9 Å². The van der Waals surface area contributed by atoms with Gasteiger partial charge in [-0.2, -0.15) is 0 Å². The van der Waals surface area contributed by atoms with E-state index < -0.39 is 0 Å². The Balaban J connectivity index is 2.36. The molecule has 0 saturated heterocycles. The molecule has 0 atom stereocenters. The molecule has 6 heteroatoms. The predicted molar refractivity (Wildman–Crippen MR) is 64.9 cm³/mol. The van der Waals surface area contributed by atoms with Crippen LogP contribution in [0, 0.1) is 13.8 Å². The van der Waals surface area contributed by atoms with Gasteiger partial charge in [0.1, 0.15) is 0 Å². The lowest BCUT2D eigenvalue weighted by molar-refractivity contribution is -0.110. The monoisotopic (exact) mass is 236 g/mol. The number of hydrogen-bond acceptors (Lipinski definition) is 3. The molecule has 16 heavy (non-hydrogen) atoms. The molecular formula is C10H14N5S+. The topological polar surface area (TPSA) is 81.8 Å². The van der Waals surface area contributed by atoms with Crippen LogP contribution in [0.25, 0.3) is 5.78 Å². The number of aryl methyl sites for hydroxylation is 2. The van der Waals surface area contributed by atoms with E-state index in [2.05, 4.69) is 9.97 Å². The largest absolute Gasteiger partial charge is 0.300 e. The minimum absolute atomic E-state index is 0.359. The average molecular weight is 236 g/mol. The van der Waals surface area contributed by atoms with Crippen molar-refractivity contribution in [3.8, 4) is 0 Å². The molecule has 0 spiro atoms. The summed E-state index contributed by atoms with van der Waals surface area (Å²) >= 11 is 1.38.